The van der Waals surface area contributed by atoms with E-state index in [1.54, 1.807) is 6.07 Å². The molecule has 0 unspecified atom stereocenters. The minimum atomic E-state index is -4.63. The van der Waals surface area contributed by atoms with Gasteiger partial charge in [-0.1, -0.05) is 25.9 Å². The first kappa shape index (κ1) is 18.8. The molecule has 0 fully saturated rings. The van der Waals surface area contributed by atoms with Gasteiger partial charge < -0.3 is 9.09 Å². The highest BCUT2D eigenvalue weighted by molar-refractivity contribution is 7.88. The van der Waals surface area contributed by atoms with Gasteiger partial charge in [0.15, 0.2) is 0 Å². The van der Waals surface area contributed by atoms with Crippen LogP contribution in [0.2, 0.25) is 0 Å². The van der Waals surface area contributed by atoms with E-state index in [1.165, 1.54) is 0 Å². The third kappa shape index (κ3) is 3.61. The molecule has 26 heavy (non-hydrogen) atoms. The first-order valence-electron chi connectivity index (χ1n) is 7.81. The molecular formula is C14H18F3N5O3S. The summed E-state index contributed by atoms with van der Waals surface area (Å²) in [6.45, 7) is 5.18. The molecule has 12 heteroatoms. The number of hydrogen-bond acceptors (Lipinski definition) is 6. The molecule has 1 aliphatic heterocycles. The van der Waals surface area contributed by atoms with Crippen LogP contribution in [-0.4, -0.2) is 39.2 Å². The van der Waals surface area contributed by atoms with Crippen molar-refractivity contribution in [1.82, 2.24) is 24.2 Å². The Kier molecular flexibility index (Phi) is 4.38. The van der Waals surface area contributed by atoms with Crippen LogP contribution in [0.15, 0.2) is 10.6 Å². The fourth-order valence-corrected chi connectivity index (χ4v) is 3.96. The van der Waals surface area contributed by atoms with Gasteiger partial charge in [-0.25, -0.2) is 8.42 Å². The molecule has 0 bridgehead atoms. The maximum Gasteiger partial charge on any atom is 0.451 e. The summed E-state index contributed by atoms with van der Waals surface area (Å²) in [4.78, 5) is 0. The molecule has 2 aromatic rings. The average Bonchev–Trinajstić information content (AvgIpc) is 3.11. The molecule has 2 aromatic heterocycles. The van der Waals surface area contributed by atoms with Gasteiger partial charge in [0, 0.05) is 24.6 Å². The lowest BCUT2D eigenvalue weighted by atomic mass is 9.93. The molecule has 0 amide bonds. The number of hydrogen-bond donors (Lipinski definition) is 0. The minimum Gasteiger partial charge on any atom is -0.361 e. The first-order chi connectivity index (χ1) is 11.9. The van der Waals surface area contributed by atoms with Crippen molar-refractivity contribution >= 4 is 10.0 Å². The van der Waals surface area contributed by atoms with Gasteiger partial charge in [-0.2, -0.15) is 17.5 Å². The number of nitrogens with zero attached hydrogens (tertiary/aromatic N) is 5. The summed E-state index contributed by atoms with van der Waals surface area (Å²) in [6.07, 6.45) is -4.63. The van der Waals surface area contributed by atoms with E-state index in [0.717, 1.165) is 8.87 Å². The van der Waals surface area contributed by atoms with Gasteiger partial charge in [0.1, 0.15) is 23.0 Å². The van der Waals surface area contributed by atoms with Crippen molar-refractivity contribution in [1.29, 1.82) is 0 Å². The van der Waals surface area contributed by atoms with E-state index in [1.807, 2.05) is 20.8 Å². The van der Waals surface area contributed by atoms with E-state index in [9.17, 15) is 21.6 Å². The van der Waals surface area contributed by atoms with E-state index in [2.05, 4.69) is 15.4 Å². The van der Waals surface area contributed by atoms with Crippen LogP contribution in [0.4, 0.5) is 13.2 Å². The van der Waals surface area contributed by atoms with Crippen LogP contribution in [-0.2, 0) is 40.5 Å². The number of fused-ring (bicyclic) bond motifs is 1. The first-order valence-corrected chi connectivity index (χ1v) is 9.42. The minimum absolute atomic E-state index is 0.0392. The van der Waals surface area contributed by atoms with Gasteiger partial charge >= 0.3 is 6.18 Å². The van der Waals surface area contributed by atoms with Crippen LogP contribution in [0.25, 0.3) is 0 Å². The quantitative estimate of drug-likeness (QED) is 0.791. The summed E-state index contributed by atoms with van der Waals surface area (Å²) in [5.41, 5.74) is -0.0668. The molecule has 0 radical (unpaired) electrons. The number of rotatable bonds is 3. The molecule has 1 aliphatic rings. The number of sulfonamides is 1. The zero-order valence-electron chi connectivity index (χ0n) is 14.4. The van der Waals surface area contributed by atoms with Gasteiger partial charge in [0.05, 0.1) is 6.54 Å². The lowest BCUT2D eigenvalue weighted by Gasteiger charge is -2.27. The predicted molar refractivity (Wildman–Crippen MR) is 83.3 cm³/mol. The van der Waals surface area contributed by atoms with Crippen molar-refractivity contribution in [2.24, 2.45) is 0 Å². The van der Waals surface area contributed by atoms with Gasteiger partial charge in [0.2, 0.25) is 15.8 Å². The van der Waals surface area contributed by atoms with Crippen molar-refractivity contribution in [2.75, 3.05) is 6.54 Å². The normalized spacial score (nSPS) is 16.7. The fraction of sp³-hybridized carbons (Fsp3) is 0.643. The van der Waals surface area contributed by atoms with Crippen molar-refractivity contribution in [3.8, 4) is 0 Å². The molecule has 3 rings (SSSR count). The van der Waals surface area contributed by atoms with Gasteiger partial charge in [-0.3, -0.25) is 0 Å². The zero-order valence-corrected chi connectivity index (χ0v) is 15.2. The maximum atomic E-state index is 12.9. The molecule has 8 nitrogen and oxygen atoms in total. The molecule has 0 spiro atoms. The standard InChI is InChI=1S/C14H18F3N5O3S/c1-13(2,3)10-6-9(20-25-10)8-26(23,24)21-4-5-22-11(7-21)18-19-12(22)14(15,16)17/h6H,4-5,7-8H2,1-3H3. The Morgan fingerprint density at radius 2 is 1.88 bits per heavy atom. The van der Waals surface area contributed by atoms with Crippen LogP contribution in [0.3, 0.4) is 0 Å². The van der Waals surface area contributed by atoms with E-state index in [-0.39, 0.29) is 36.6 Å². The average molecular weight is 393 g/mol. The summed E-state index contributed by atoms with van der Waals surface area (Å²) >= 11 is 0. The Balaban J connectivity index is 1.77. The van der Waals surface area contributed by atoms with Crippen LogP contribution in [0, 0.1) is 0 Å². The van der Waals surface area contributed by atoms with Gasteiger partial charge in [0.25, 0.3) is 0 Å². The van der Waals surface area contributed by atoms with Crippen molar-refractivity contribution in [3.05, 3.63) is 29.2 Å². The Labute approximate surface area is 148 Å². The van der Waals surface area contributed by atoms with E-state index in [4.69, 9.17) is 4.52 Å². The Morgan fingerprint density at radius 1 is 1.19 bits per heavy atom. The van der Waals surface area contributed by atoms with E-state index >= 15 is 0 Å². The molecule has 0 aliphatic carbocycles. The van der Waals surface area contributed by atoms with E-state index in [0.29, 0.717) is 5.76 Å². The molecule has 0 aromatic carbocycles. The highest BCUT2D eigenvalue weighted by atomic mass is 32.2. The number of alkyl halides is 3. The maximum absolute atomic E-state index is 12.9. The van der Waals surface area contributed by atoms with Crippen LogP contribution >= 0.6 is 0 Å². The van der Waals surface area contributed by atoms with E-state index < -0.39 is 27.8 Å². The smallest absolute Gasteiger partial charge is 0.361 e. The fourth-order valence-electron chi connectivity index (χ4n) is 2.59. The molecular weight excluding hydrogens is 375 g/mol. The van der Waals surface area contributed by atoms with Crippen LogP contribution in [0.5, 0.6) is 0 Å². The van der Waals surface area contributed by atoms with Crippen molar-refractivity contribution in [2.45, 2.75) is 51.2 Å². The van der Waals surface area contributed by atoms with Gasteiger partial charge in [-0.05, 0) is 0 Å². The summed E-state index contributed by atoms with van der Waals surface area (Å²) in [6, 6.07) is 1.58. The number of aromatic nitrogens is 4. The molecule has 144 valence electrons. The largest absolute Gasteiger partial charge is 0.451 e. The topological polar surface area (TPSA) is 94.1 Å². The third-order valence-corrected chi connectivity index (χ3v) is 5.75. The van der Waals surface area contributed by atoms with Crippen molar-refractivity contribution < 1.29 is 26.1 Å². The Morgan fingerprint density at radius 3 is 2.46 bits per heavy atom. The van der Waals surface area contributed by atoms with Crippen molar-refractivity contribution in [3.63, 3.8) is 0 Å². The Hall–Kier alpha value is -1.95. The molecule has 0 atom stereocenters. The summed E-state index contributed by atoms with van der Waals surface area (Å²) < 4.78 is 70.9. The summed E-state index contributed by atoms with van der Waals surface area (Å²) in [7, 11) is -3.79. The van der Waals surface area contributed by atoms with Crippen LogP contribution in [0.1, 0.15) is 43.9 Å². The Bertz CT molecular complexity index is 911. The molecule has 3 heterocycles. The molecule has 0 saturated carbocycles. The highest BCUT2D eigenvalue weighted by Gasteiger charge is 2.40. The monoisotopic (exact) mass is 393 g/mol. The second kappa shape index (κ2) is 6.05. The van der Waals surface area contributed by atoms with Crippen LogP contribution < -0.4 is 0 Å². The highest BCUT2D eigenvalue weighted by Crippen LogP contribution is 2.30. The molecule has 0 saturated heterocycles. The summed E-state index contributed by atoms with van der Waals surface area (Å²) in [5.74, 6) is -0.998. The zero-order chi connectivity index (χ0) is 19.3. The molecule has 0 N–H and O–H groups in total. The number of halogens is 3. The lowest BCUT2D eigenvalue weighted by molar-refractivity contribution is -0.147. The summed E-state index contributed by atoms with van der Waals surface area (Å²) in [5, 5.41) is 10.4. The predicted octanol–water partition coefficient (Wildman–Crippen LogP) is 1.93. The second-order valence-electron chi connectivity index (χ2n) is 7.11. The SMILES string of the molecule is CC(C)(C)c1cc(CS(=O)(=O)N2CCn3c(nnc3C(F)(F)F)C2)no1. The third-order valence-electron chi connectivity index (χ3n) is 3.99. The van der Waals surface area contributed by atoms with Gasteiger partial charge in [-0.15, -0.1) is 10.2 Å². The lowest BCUT2D eigenvalue weighted by Crippen LogP contribution is -2.39. The second-order valence-corrected chi connectivity index (χ2v) is 9.08.